The van der Waals surface area contributed by atoms with Gasteiger partial charge in [-0.3, -0.25) is 4.90 Å². The van der Waals surface area contributed by atoms with Gasteiger partial charge >= 0.3 is 6.03 Å². The zero-order chi connectivity index (χ0) is 21.9. The highest BCUT2D eigenvalue weighted by Crippen LogP contribution is 2.28. The Hall–Kier alpha value is -2.56. The molecule has 0 aromatic heterocycles. The van der Waals surface area contributed by atoms with Gasteiger partial charge < -0.3 is 10.2 Å². The zero-order valence-electron chi connectivity index (χ0n) is 18.4. The highest BCUT2D eigenvalue weighted by atomic mass is 35.5. The van der Waals surface area contributed by atoms with Gasteiger partial charge in [-0.1, -0.05) is 47.5 Å². The van der Waals surface area contributed by atoms with Gasteiger partial charge in [-0.2, -0.15) is 0 Å². The number of benzene rings is 2. The second-order valence-corrected chi connectivity index (χ2v) is 9.50. The van der Waals surface area contributed by atoms with Gasteiger partial charge in [-0.05, 0) is 91.7 Å². The molecule has 166 valence electrons. The molecule has 0 spiro atoms. The first kappa shape index (κ1) is 21.3. The van der Waals surface area contributed by atoms with E-state index in [1.165, 1.54) is 53.8 Å². The molecule has 0 saturated carbocycles. The summed E-state index contributed by atoms with van der Waals surface area (Å²) in [5.41, 5.74) is 7.51. The van der Waals surface area contributed by atoms with Crippen LogP contribution in [-0.2, 0) is 6.42 Å². The number of halogens is 1. The van der Waals surface area contributed by atoms with E-state index in [1.54, 1.807) is 0 Å². The van der Waals surface area contributed by atoms with E-state index in [2.05, 4.69) is 34.5 Å². The number of hydrogen-bond donors (Lipinski definition) is 1. The molecule has 5 rings (SSSR count). The molecule has 5 heteroatoms. The number of likely N-dealkylation sites (tertiary alicyclic amines) is 1. The normalized spacial score (nSPS) is 18.7. The number of carbonyl (C=O) groups is 1. The third-order valence-electron chi connectivity index (χ3n) is 6.81. The molecular weight excluding hydrogens is 418 g/mol. The van der Waals surface area contributed by atoms with E-state index in [0.29, 0.717) is 13.1 Å². The Morgan fingerprint density at radius 1 is 0.969 bits per heavy atom. The molecule has 2 heterocycles. The van der Waals surface area contributed by atoms with Crippen LogP contribution < -0.4 is 5.32 Å². The molecule has 1 aliphatic carbocycles. The number of rotatable bonds is 4. The third kappa shape index (κ3) is 4.92. The number of hydrogen-bond acceptors (Lipinski definition) is 2. The van der Waals surface area contributed by atoms with E-state index in [4.69, 9.17) is 11.6 Å². The van der Waals surface area contributed by atoms with Crippen LogP contribution in [0.2, 0.25) is 5.02 Å². The van der Waals surface area contributed by atoms with Crippen molar-refractivity contribution in [1.82, 2.24) is 9.80 Å². The SMILES string of the molecule is O=C(Nc1ccc2c(c1)CCC(CN1CCCC1)=C2)N1CC=C(c2ccc(Cl)cc2)CC1. The van der Waals surface area contributed by atoms with Crippen molar-refractivity contribution in [2.45, 2.75) is 32.1 Å². The molecule has 3 aliphatic rings. The molecule has 1 fully saturated rings. The second-order valence-electron chi connectivity index (χ2n) is 9.06. The van der Waals surface area contributed by atoms with Gasteiger partial charge in [0, 0.05) is 30.3 Å². The number of fused-ring (bicyclic) bond motifs is 1. The summed E-state index contributed by atoms with van der Waals surface area (Å²) in [6.45, 7) is 4.92. The van der Waals surface area contributed by atoms with Crippen molar-refractivity contribution >= 4 is 35.0 Å². The van der Waals surface area contributed by atoms with Crippen LogP contribution in [0.4, 0.5) is 10.5 Å². The predicted octanol–water partition coefficient (Wildman–Crippen LogP) is 6.09. The number of amides is 2. The fourth-order valence-corrected chi connectivity index (χ4v) is 5.09. The molecule has 0 bridgehead atoms. The highest BCUT2D eigenvalue weighted by Gasteiger charge is 2.20. The van der Waals surface area contributed by atoms with Gasteiger partial charge in [0.2, 0.25) is 0 Å². The Labute approximate surface area is 195 Å². The number of anilines is 1. The minimum absolute atomic E-state index is 0.0302. The number of carbonyl (C=O) groups excluding carboxylic acids is 1. The Morgan fingerprint density at radius 3 is 2.53 bits per heavy atom. The molecule has 1 saturated heterocycles. The summed E-state index contributed by atoms with van der Waals surface area (Å²) in [5.74, 6) is 0. The monoisotopic (exact) mass is 447 g/mol. The summed E-state index contributed by atoms with van der Waals surface area (Å²) in [6, 6.07) is 14.2. The van der Waals surface area contributed by atoms with Gasteiger partial charge in [-0.15, -0.1) is 0 Å². The maximum absolute atomic E-state index is 12.8. The van der Waals surface area contributed by atoms with E-state index in [9.17, 15) is 4.79 Å². The number of urea groups is 1. The average Bonchev–Trinajstić information content (AvgIpc) is 3.33. The molecule has 2 aromatic carbocycles. The molecule has 0 unspecified atom stereocenters. The van der Waals surface area contributed by atoms with E-state index >= 15 is 0 Å². The topological polar surface area (TPSA) is 35.6 Å². The second kappa shape index (κ2) is 9.51. The summed E-state index contributed by atoms with van der Waals surface area (Å²) in [5, 5.41) is 3.85. The molecule has 1 N–H and O–H groups in total. The Kier molecular flexibility index (Phi) is 6.33. The van der Waals surface area contributed by atoms with Crippen LogP contribution in [0.15, 0.2) is 54.1 Å². The Morgan fingerprint density at radius 2 is 1.78 bits per heavy atom. The summed E-state index contributed by atoms with van der Waals surface area (Å²) in [7, 11) is 0. The molecular formula is C27H30ClN3O. The summed E-state index contributed by atoms with van der Waals surface area (Å²) < 4.78 is 0. The van der Waals surface area contributed by atoms with Crippen molar-refractivity contribution in [2.75, 3.05) is 38.0 Å². The lowest BCUT2D eigenvalue weighted by molar-refractivity contribution is 0.217. The number of nitrogens with one attached hydrogen (secondary N) is 1. The first-order valence-corrected chi connectivity index (χ1v) is 12.1. The third-order valence-corrected chi connectivity index (χ3v) is 7.06. The molecule has 0 radical (unpaired) electrons. The summed E-state index contributed by atoms with van der Waals surface area (Å²) in [6.07, 6.45) is 10.2. The van der Waals surface area contributed by atoms with E-state index in [1.807, 2.05) is 35.2 Å². The fraction of sp³-hybridized carbons (Fsp3) is 0.370. The van der Waals surface area contributed by atoms with Crippen LogP contribution in [-0.4, -0.2) is 48.6 Å². The first-order valence-electron chi connectivity index (χ1n) is 11.7. The molecule has 2 aliphatic heterocycles. The van der Waals surface area contributed by atoms with Crippen molar-refractivity contribution in [3.8, 4) is 0 Å². The van der Waals surface area contributed by atoms with Crippen molar-refractivity contribution in [2.24, 2.45) is 0 Å². The van der Waals surface area contributed by atoms with Gasteiger partial charge in [0.15, 0.2) is 0 Å². The molecule has 4 nitrogen and oxygen atoms in total. The lowest BCUT2D eigenvalue weighted by Gasteiger charge is -2.27. The smallest absolute Gasteiger partial charge is 0.320 e. The van der Waals surface area contributed by atoms with Crippen LogP contribution >= 0.6 is 11.6 Å². The lowest BCUT2D eigenvalue weighted by atomic mass is 9.91. The molecule has 0 atom stereocenters. The molecule has 32 heavy (non-hydrogen) atoms. The van der Waals surface area contributed by atoms with E-state index in [-0.39, 0.29) is 6.03 Å². The molecule has 2 aromatic rings. The van der Waals surface area contributed by atoms with Gasteiger partial charge in [-0.25, -0.2) is 4.79 Å². The molecule has 2 amide bonds. The maximum atomic E-state index is 12.8. The fourth-order valence-electron chi connectivity index (χ4n) is 4.96. The van der Waals surface area contributed by atoms with Crippen LogP contribution in [0.1, 0.15) is 42.4 Å². The average molecular weight is 448 g/mol. The lowest BCUT2D eigenvalue weighted by Crippen LogP contribution is -2.37. The largest absolute Gasteiger partial charge is 0.322 e. The first-order chi connectivity index (χ1) is 15.6. The Balaban J connectivity index is 1.19. The van der Waals surface area contributed by atoms with Crippen molar-refractivity contribution in [3.63, 3.8) is 0 Å². The minimum atomic E-state index is -0.0302. The van der Waals surface area contributed by atoms with Gasteiger partial charge in [0.25, 0.3) is 0 Å². The minimum Gasteiger partial charge on any atom is -0.320 e. The van der Waals surface area contributed by atoms with Crippen molar-refractivity contribution in [1.29, 1.82) is 0 Å². The van der Waals surface area contributed by atoms with Crippen LogP contribution in [0.5, 0.6) is 0 Å². The highest BCUT2D eigenvalue weighted by molar-refractivity contribution is 6.30. The van der Waals surface area contributed by atoms with Crippen LogP contribution in [0.25, 0.3) is 11.6 Å². The van der Waals surface area contributed by atoms with Crippen molar-refractivity contribution in [3.05, 3.63) is 75.8 Å². The number of nitrogens with zero attached hydrogens (tertiary/aromatic N) is 2. The zero-order valence-corrected chi connectivity index (χ0v) is 19.2. The maximum Gasteiger partial charge on any atom is 0.322 e. The quantitative estimate of drug-likeness (QED) is 0.615. The van der Waals surface area contributed by atoms with Crippen molar-refractivity contribution < 1.29 is 4.79 Å². The van der Waals surface area contributed by atoms with Gasteiger partial charge in [0.05, 0.1) is 0 Å². The van der Waals surface area contributed by atoms with Gasteiger partial charge in [0.1, 0.15) is 0 Å². The van der Waals surface area contributed by atoms with E-state index in [0.717, 1.165) is 36.5 Å². The Bertz CT molecular complexity index is 1050. The van der Waals surface area contributed by atoms with Crippen LogP contribution in [0, 0.1) is 0 Å². The number of aryl methyl sites for hydroxylation is 1. The summed E-state index contributed by atoms with van der Waals surface area (Å²) in [4.78, 5) is 17.3. The van der Waals surface area contributed by atoms with Crippen LogP contribution in [0.3, 0.4) is 0 Å². The predicted molar refractivity (Wildman–Crippen MR) is 133 cm³/mol. The van der Waals surface area contributed by atoms with E-state index < -0.39 is 0 Å². The summed E-state index contributed by atoms with van der Waals surface area (Å²) >= 11 is 5.99. The standard InChI is InChI=1S/C27H30ClN3O/c28-25-8-5-21(6-9-25)22-11-15-31(16-12-22)27(32)29-26-10-7-23-17-20(3-4-24(23)18-26)19-30-13-1-2-14-30/h5-11,17-18H,1-4,12-16,19H2,(H,29,32).